The molecule has 0 bridgehead atoms. The Morgan fingerprint density at radius 3 is 2.83 bits per heavy atom. The number of hydrogen-bond donors (Lipinski definition) is 0. The molecule has 1 unspecified atom stereocenters. The fraction of sp³-hybridized carbons (Fsp3) is 0.308. The highest BCUT2D eigenvalue weighted by Gasteiger charge is 2.33. The highest BCUT2D eigenvalue weighted by atomic mass is 35.5. The van der Waals surface area contributed by atoms with Crippen LogP contribution in [0.15, 0.2) is 48.8 Å². The molecule has 0 saturated carbocycles. The average Bonchev–Trinajstić information content (AvgIpc) is 3.43. The molecule has 6 rings (SSSR count). The first-order valence-corrected chi connectivity index (χ1v) is 11.8. The molecule has 1 aliphatic heterocycles. The molecule has 5 heterocycles. The summed E-state index contributed by atoms with van der Waals surface area (Å²) in [4.78, 5) is 9.26. The van der Waals surface area contributed by atoms with E-state index < -0.39 is 18.7 Å². The highest BCUT2D eigenvalue weighted by Crippen LogP contribution is 2.41. The second-order valence-corrected chi connectivity index (χ2v) is 9.24. The molecular weight excluding hydrogens is 467 g/mol. The summed E-state index contributed by atoms with van der Waals surface area (Å²) in [6.45, 7) is -1.32. The summed E-state index contributed by atoms with van der Waals surface area (Å²) in [5, 5.41) is 9.27. The van der Waals surface area contributed by atoms with E-state index in [9.17, 15) is 0 Å². The molecule has 1 fully saturated rings. The van der Waals surface area contributed by atoms with Gasteiger partial charge in [-0.2, -0.15) is 0 Å². The zero-order valence-electron chi connectivity index (χ0n) is 21.9. The molecule has 0 radical (unpaired) electrons. The first kappa shape index (κ1) is 18.9. The van der Waals surface area contributed by atoms with Gasteiger partial charge in [0, 0.05) is 52.7 Å². The number of hydrogen-bond acceptors (Lipinski definition) is 5. The fourth-order valence-electron chi connectivity index (χ4n) is 5.19. The van der Waals surface area contributed by atoms with E-state index in [-0.39, 0.29) is 11.6 Å². The zero-order valence-corrected chi connectivity index (χ0v) is 19.7. The van der Waals surface area contributed by atoms with Crippen molar-refractivity contribution in [2.75, 3.05) is 13.2 Å². The third-order valence-corrected chi connectivity index (χ3v) is 6.99. The summed E-state index contributed by atoms with van der Waals surface area (Å²) in [7, 11) is 1.64. The predicted octanol–water partition coefficient (Wildman–Crippen LogP) is 5.50. The van der Waals surface area contributed by atoms with Crippen molar-refractivity contribution in [2.45, 2.75) is 25.7 Å². The van der Waals surface area contributed by atoms with Gasteiger partial charge in [-0.05, 0) is 62.0 Å². The monoisotopic (exact) mass is 493 g/mol. The van der Waals surface area contributed by atoms with Crippen LogP contribution in [0.1, 0.15) is 34.4 Å². The molecule has 1 aromatic carbocycles. The van der Waals surface area contributed by atoms with E-state index in [4.69, 9.17) is 25.4 Å². The van der Waals surface area contributed by atoms with Gasteiger partial charge in [-0.1, -0.05) is 16.8 Å². The van der Waals surface area contributed by atoms with Crippen molar-refractivity contribution in [3.8, 4) is 11.3 Å². The zero-order chi connectivity index (χ0) is 26.6. The van der Waals surface area contributed by atoms with E-state index >= 15 is 4.39 Å². The third kappa shape index (κ3) is 3.68. The van der Waals surface area contributed by atoms with Crippen LogP contribution < -0.4 is 0 Å². The van der Waals surface area contributed by atoms with Gasteiger partial charge >= 0.3 is 0 Å². The largest absolute Gasteiger partial charge is 0.381 e. The van der Waals surface area contributed by atoms with Gasteiger partial charge in [-0.15, -0.1) is 5.10 Å². The van der Waals surface area contributed by atoms with Crippen LogP contribution in [0.3, 0.4) is 0 Å². The predicted molar refractivity (Wildman–Crippen MR) is 133 cm³/mol. The quantitative estimate of drug-likeness (QED) is 0.331. The SMILES string of the molecule is [2H]C([2H])([2H])c1nnn(C)c1-c1cnc2c3ccc(Cl)cc3n(C(c3ncccc3F)C3CCOCC3)c2c1. The Morgan fingerprint density at radius 1 is 1.17 bits per heavy atom. The number of pyridine rings is 2. The second-order valence-electron chi connectivity index (χ2n) is 8.80. The molecule has 7 nitrogen and oxygen atoms in total. The van der Waals surface area contributed by atoms with E-state index in [0.717, 1.165) is 23.7 Å². The normalized spacial score (nSPS) is 17.4. The maximum absolute atomic E-state index is 15.4. The molecule has 35 heavy (non-hydrogen) atoms. The molecule has 1 saturated heterocycles. The Labute approximate surface area is 210 Å². The van der Waals surface area contributed by atoms with E-state index in [1.807, 2.05) is 22.8 Å². The molecule has 178 valence electrons. The number of ether oxygens (including phenoxy) is 1. The summed E-state index contributed by atoms with van der Waals surface area (Å²) in [6.07, 6.45) is 4.67. The van der Waals surface area contributed by atoms with Crippen LogP contribution in [0.5, 0.6) is 0 Å². The highest BCUT2D eigenvalue weighted by molar-refractivity contribution is 6.31. The minimum atomic E-state index is -2.46. The van der Waals surface area contributed by atoms with Gasteiger partial charge in [0.05, 0.1) is 39.7 Å². The molecule has 5 aromatic rings. The number of rotatable bonds is 4. The lowest BCUT2D eigenvalue weighted by molar-refractivity contribution is 0.0543. The molecule has 0 amide bonds. The molecule has 0 aliphatic carbocycles. The van der Waals surface area contributed by atoms with Crippen molar-refractivity contribution >= 4 is 33.5 Å². The van der Waals surface area contributed by atoms with Crippen LogP contribution in [-0.2, 0) is 11.8 Å². The van der Waals surface area contributed by atoms with Crippen LogP contribution >= 0.6 is 11.6 Å². The first-order chi connectivity index (χ1) is 18.2. The van der Waals surface area contributed by atoms with E-state index in [2.05, 4.69) is 15.3 Å². The van der Waals surface area contributed by atoms with Crippen molar-refractivity contribution in [1.29, 1.82) is 0 Å². The summed E-state index contributed by atoms with van der Waals surface area (Å²) < 4.78 is 48.3. The Kier molecular flexibility index (Phi) is 4.70. The van der Waals surface area contributed by atoms with Gasteiger partial charge in [-0.3, -0.25) is 9.97 Å². The molecule has 0 N–H and O–H groups in total. The summed E-state index contributed by atoms with van der Waals surface area (Å²) in [5.41, 5.74) is 3.30. The van der Waals surface area contributed by atoms with Crippen LogP contribution in [0.4, 0.5) is 4.39 Å². The van der Waals surface area contributed by atoms with Crippen molar-refractivity contribution in [3.63, 3.8) is 0 Å². The van der Waals surface area contributed by atoms with Crippen LogP contribution in [0.25, 0.3) is 33.2 Å². The maximum Gasteiger partial charge on any atom is 0.146 e. The Morgan fingerprint density at radius 2 is 2.03 bits per heavy atom. The Balaban J connectivity index is 1.68. The minimum Gasteiger partial charge on any atom is -0.381 e. The lowest BCUT2D eigenvalue weighted by atomic mass is 9.88. The van der Waals surface area contributed by atoms with E-state index in [1.54, 1.807) is 31.6 Å². The van der Waals surface area contributed by atoms with E-state index in [0.29, 0.717) is 46.2 Å². The summed E-state index contributed by atoms with van der Waals surface area (Å²) in [5.74, 6) is -0.364. The standard InChI is InChI=1S/C26H24ClFN6O/c1-15-25(33(2)32-31-15)17-12-22-23(30-14-17)19-6-5-18(27)13-21(19)34(22)26(16-7-10-35-11-8-16)24-20(28)4-3-9-29-24/h3-6,9,12-14,16,26H,7-8,10-11H2,1-2H3/i1D3. The number of benzene rings is 1. The summed E-state index contributed by atoms with van der Waals surface area (Å²) in [6, 6.07) is 9.95. The number of aryl methyl sites for hydroxylation is 2. The average molecular weight is 494 g/mol. The van der Waals surface area contributed by atoms with Crippen molar-refractivity contribution in [3.05, 3.63) is 71.0 Å². The Bertz CT molecular complexity index is 1660. The summed E-state index contributed by atoms with van der Waals surface area (Å²) >= 11 is 6.46. The van der Waals surface area contributed by atoms with Crippen molar-refractivity contribution in [2.24, 2.45) is 13.0 Å². The van der Waals surface area contributed by atoms with Crippen molar-refractivity contribution < 1.29 is 13.2 Å². The maximum atomic E-state index is 15.4. The van der Waals surface area contributed by atoms with Gasteiger partial charge in [0.2, 0.25) is 0 Å². The third-order valence-electron chi connectivity index (χ3n) is 6.76. The molecule has 0 spiro atoms. The van der Waals surface area contributed by atoms with Crippen LogP contribution in [-0.4, -0.2) is 42.7 Å². The lowest BCUT2D eigenvalue weighted by Gasteiger charge is -2.32. The lowest BCUT2D eigenvalue weighted by Crippen LogP contribution is -2.28. The molecular formula is C26H24ClFN6O. The van der Waals surface area contributed by atoms with Gasteiger partial charge < -0.3 is 9.30 Å². The van der Waals surface area contributed by atoms with Gasteiger partial charge in [0.25, 0.3) is 0 Å². The molecule has 1 aliphatic rings. The Hall–Kier alpha value is -3.36. The van der Waals surface area contributed by atoms with E-state index in [1.165, 1.54) is 10.7 Å². The first-order valence-electron chi connectivity index (χ1n) is 12.9. The smallest absolute Gasteiger partial charge is 0.146 e. The van der Waals surface area contributed by atoms with Gasteiger partial charge in [-0.25, -0.2) is 9.07 Å². The number of halogens is 2. The molecule has 9 heteroatoms. The second kappa shape index (κ2) is 8.70. The molecule has 4 aromatic heterocycles. The molecule has 1 atom stereocenters. The number of nitrogens with zero attached hydrogens (tertiary/aromatic N) is 6. The minimum absolute atomic E-state index is 0.0332. The number of aromatic nitrogens is 6. The van der Waals surface area contributed by atoms with Crippen LogP contribution in [0, 0.1) is 18.6 Å². The van der Waals surface area contributed by atoms with Gasteiger partial charge in [0.15, 0.2) is 0 Å². The van der Waals surface area contributed by atoms with Crippen molar-refractivity contribution in [1.82, 2.24) is 29.5 Å². The van der Waals surface area contributed by atoms with Gasteiger partial charge in [0.1, 0.15) is 5.82 Å². The number of fused-ring (bicyclic) bond motifs is 3. The van der Waals surface area contributed by atoms with Crippen LogP contribution in [0.2, 0.25) is 5.02 Å². The topological polar surface area (TPSA) is 70.7 Å². The fourth-order valence-corrected chi connectivity index (χ4v) is 5.36.